The number of carbonyl (C=O) groups is 1. The molecule has 0 bridgehead atoms. The number of rotatable bonds is 13. The summed E-state index contributed by atoms with van der Waals surface area (Å²) in [5.74, 6) is -0.750. The van der Waals surface area contributed by atoms with Crippen LogP contribution >= 0.6 is 0 Å². The fourth-order valence-corrected chi connectivity index (χ4v) is 2.52. The van der Waals surface area contributed by atoms with Gasteiger partial charge in [0, 0.05) is 6.42 Å². The number of aliphatic carboxylic acids is 1. The maximum Gasteiger partial charge on any atom is 0.303 e. The topological polar surface area (TPSA) is 57.5 Å². The Hall–Kier alpha value is -2.13. The second-order valence-electron chi connectivity index (χ2n) is 6.49. The van der Waals surface area contributed by atoms with Crippen molar-refractivity contribution < 1.29 is 15.0 Å². The first-order valence-corrected chi connectivity index (χ1v) is 9.61. The number of carboxylic acids is 1. The molecule has 1 unspecified atom stereocenters. The molecule has 142 valence electrons. The van der Waals surface area contributed by atoms with Crippen LogP contribution in [0.4, 0.5) is 0 Å². The van der Waals surface area contributed by atoms with Gasteiger partial charge in [-0.05, 0) is 49.3 Å². The maximum absolute atomic E-state index is 10.5. The monoisotopic (exact) mass is 356 g/mol. The lowest BCUT2D eigenvalue weighted by Crippen LogP contribution is -1.98. The highest BCUT2D eigenvalue weighted by Gasteiger charge is 1.97. The molecule has 0 aromatic heterocycles. The minimum atomic E-state index is -0.750. The Morgan fingerprint density at radius 3 is 2.50 bits per heavy atom. The van der Waals surface area contributed by atoms with E-state index in [0.29, 0.717) is 12.8 Å². The second-order valence-corrected chi connectivity index (χ2v) is 6.49. The Bertz CT molecular complexity index is 599. The number of benzene rings is 1. The number of unbranched alkanes of at least 4 members (excludes halogenated alkanes) is 4. The van der Waals surface area contributed by atoms with Gasteiger partial charge in [-0.1, -0.05) is 74.4 Å². The molecular formula is C23H32O3. The van der Waals surface area contributed by atoms with E-state index in [1.807, 2.05) is 42.5 Å². The van der Waals surface area contributed by atoms with Crippen molar-refractivity contribution in [3.63, 3.8) is 0 Å². The Morgan fingerprint density at radius 2 is 1.77 bits per heavy atom. The van der Waals surface area contributed by atoms with E-state index in [2.05, 4.69) is 25.1 Å². The van der Waals surface area contributed by atoms with Crippen LogP contribution in [0.5, 0.6) is 0 Å². The Morgan fingerprint density at radius 1 is 1.04 bits per heavy atom. The zero-order valence-electron chi connectivity index (χ0n) is 15.8. The maximum atomic E-state index is 10.5. The molecule has 0 heterocycles. The Balaban J connectivity index is 2.40. The molecule has 0 amide bonds. The van der Waals surface area contributed by atoms with Gasteiger partial charge in [0.05, 0.1) is 6.10 Å². The predicted octanol–water partition coefficient (Wildman–Crippen LogP) is 5.86. The van der Waals surface area contributed by atoms with Crippen molar-refractivity contribution >= 4 is 18.1 Å². The number of aliphatic hydroxyl groups excluding tert-OH is 1. The van der Waals surface area contributed by atoms with Crippen LogP contribution in [0.25, 0.3) is 12.2 Å². The smallest absolute Gasteiger partial charge is 0.303 e. The van der Waals surface area contributed by atoms with Gasteiger partial charge in [-0.25, -0.2) is 0 Å². The molecule has 0 aliphatic carbocycles. The van der Waals surface area contributed by atoms with Crippen molar-refractivity contribution in [1.29, 1.82) is 0 Å². The molecule has 3 nitrogen and oxygen atoms in total. The fourth-order valence-electron chi connectivity index (χ4n) is 2.52. The van der Waals surface area contributed by atoms with Gasteiger partial charge in [-0.2, -0.15) is 0 Å². The number of carboxylic acid groups (broad SMARTS) is 1. The molecular weight excluding hydrogens is 324 g/mol. The Kier molecular flexibility index (Phi) is 11.9. The van der Waals surface area contributed by atoms with Crippen LogP contribution in [-0.4, -0.2) is 22.3 Å². The molecule has 26 heavy (non-hydrogen) atoms. The van der Waals surface area contributed by atoms with Crippen molar-refractivity contribution in [2.24, 2.45) is 0 Å². The predicted molar refractivity (Wildman–Crippen MR) is 110 cm³/mol. The van der Waals surface area contributed by atoms with Gasteiger partial charge in [0.1, 0.15) is 0 Å². The van der Waals surface area contributed by atoms with E-state index < -0.39 is 12.1 Å². The first kappa shape index (κ1) is 21.9. The van der Waals surface area contributed by atoms with E-state index in [-0.39, 0.29) is 6.42 Å². The summed E-state index contributed by atoms with van der Waals surface area (Å²) in [5, 5.41) is 18.6. The molecule has 0 saturated heterocycles. The summed E-state index contributed by atoms with van der Waals surface area (Å²) in [7, 11) is 0. The lowest BCUT2D eigenvalue weighted by molar-refractivity contribution is -0.137. The molecule has 0 aliphatic rings. The first-order chi connectivity index (χ1) is 12.6. The minimum Gasteiger partial charge on any atom is -0.481 e. The van der Waals surface area contributed by atoms with Crippen molar-refractivity contribution in [1.82, 2.24) is 0 Å². The minimum absolute atomic E-state index is 0.206. The molecule has 1 atom stereocenters. The summed E-state index contributed by atoms with van der Waals surface area (Å²) in [6.07, 6.45) is 18.6. The number of aliphatic hydroxyl groups is 1. The third-order valence-electron chi connectivity index (χ3n) is 4.01. The standard InChI is InChI=1S/C23H32O3/c1-2-3-4-5-6-9-15-22(24)18-17-21-14-11-13-20(19-21)12-8-7-10-16-23(25)26/h6,8-9,11-14,17-19,22,24H,2-5,7,10,15-16H2,1H3,(H,25,26)/b9-6-,12-8-,18-17+. The molecule has 1 rings (SSSR count). The zero-order valence-corrected chi connectivity index (χ0v) is 15.8. The van der Waals surface area contributed by atoms with Crippen LogP contribution in [0.1, 0.15) is 69.4 Å². The molecule has 2 N–H and O–H groups in total. The summed E-state index contributed by atoms with van der Waals surface area (Å²) < 4.78 is 0. The van der Waals surface area contributed by atoms with Gasteiger partial charge in [0.2, 0.25) is 0 Å². The van der Waals surface area contributed by atoms with E-state index in [4.69, 9.17) is 5.11 Å². The van der Waals surface area contributed by atoms with Crippen LogP contribution in [0.3, 0.4) is 0 Å². The molecule has 0 radical (unpaired) electrons. The normalized spacial score (nSPS) is 13.2. The van der Waals surface area contributed by atoms with Crippen molar-refractivity contribution in [2.75, 3.05) is 0 Å². The third-order valence-corrected chi connectivity index (χ3v) is 4.01. The van der Waals surface area contributed by atoms with Gasteiger partial charge in [0.25, 0.3) is 0 Å². The van der Waals surface area contributed by atoms with Gasteiger partial charge in [-0.15, -0.1) is 0 Å². The van der Waals surface area contributed by atoms with Gasteiger partial charge < -0.3 is 10.2 Å². The highest BCUT2D eigenvalue weighted by Crippen LogP contribution is 2.11. The second kappa shape index (κ2) is 14.1. The highest BCUT2D eigenvalue weighted by atomic mass is 16.4. The summed E-state index contributed by atoms with van der Waals surface area (Å²) in [6.45, 7) is 2.20. The lowest BCUT2D eigenvalue weighted by Gasteiger charge is -2.02. The molecule has 0 aliphatic heterocycles. The van der Waals surface area contributed by atoms with Crippen LogP contribution in [-0.2, 0) is 4.79 Å². The largest absolute Gasteiger partial charge is 0.481 e. The molecule has 3 heteroatoms. The number of hydrogen-bond donors (Lipinski definition) is 2. The highest BCUT2D eigenvalue weighted by molar-refractivity contribution is 5.66. The number of hydrogen-bond acceptors (Lipinski definition) is 2. The SMILES string of the molecule is CCCCC/C=C\CC(O)/C=C/c1cccc(/C=C\CCCC(=O)O)c1. The van der Waals surface area contributed by atoms with Gasteiger partial charge in [-0.3, -0.25) is 4.79 Å². The molecule has 0 spiro atoms. The van der Waals surface area contributed by atoms with E-state index in [1.165, 1.54) is 19.3 Å². The van der Waals surface area contributed by atoms with Crippen LogP contribution in [0, 0.1) is 0 Å². The van der Waals surface area contributed by atoms with E-state index in [0.717, 1.165) is 24.0 Å². The van der Waals surface area contributed by atoms with Gasteiger partial charge >= 0.3 is 5.97 Å². The summed E-state index contributed by atoms with van der Waals surface area (Å²) in [6, 6.07) is 8.06. The quantitative estimate of drug-likeness (QED) is 0.344. The van der Waals surface area contributed by atoms with Gasteiger partial charge in [0.15, 0.2) is 0 Å². The molecule has 0 saturated carbocycles. The van der Waals surface area contributed by atoms with Crippen molar-refractivity contribution in [3.8, 4) is 0 Å². The van der Waals surface area contributed by atoms with E-state index in [1.54, 1.807) is 0 Å². The fraction of sp³-hybridized carbons (Fsp3) is 0.435. The van der Waals surface area contributed by atoms with Crippen LogP contribution in [0.15, 0.2) is 48.6 Å². The average Bonchev–Trinajstić information content (AvgIpc) is 2.63. The lowest BCUT2D eigenvalue weighted by atomic mass is 10.1. The van der Waals surface area contributed by atoms with Crippen molar-refractivity contribution in [3.05, 3.63) is 59.7 Å². The molecule has 1 aromatic carbocycles. The molecule has 0 fully saturated rings. The summed E-state index contributed by atoms with van der Waals surface area (Å²) in [4.78, 5) is 10.5. The zero-order chi connectivity index (χ0) is 19.0. The third kappa shape index (κ3) is 11.4. The molecule has 1 aromatic rings. The summed E-state index contributed by atoms with van der Waals surface area (Å²) in [5.41, 5.74) is 2.12. The van der Waals surface area contributed by atoms with E-state index >= 15 is 0 Å². The Labute approximate surface area is 157 Å². The average molecular weight is 357 g/mol. The van der Waals surface area contributed by atoms with Crippen LogP contribution < -0.4 is 0 Å². The van der Waals surface area contributed by atoms with Crippen molar-refractivity contribution in [2.45, 2.75) is 64.4 Å². The van der Waals surface area contributed by atoms with Crippen LogP contribution in [0.2, 0.25) is 0 Å². The first-order valence-electron chi connectivity index (χ1n) is 9.61. The summed E-state index contributed by atoms with van der Waals surface area (Å²) >= 11 is 0. The number of allylic oxidation sites excluding steroid dienone is 2. The van der Waals surface area contributed by atoms with E-state index in [9.17, 15) is 9.90 Å².